The minimum Gasteiger partial charge on any atom is -0.484 e. The highest BCUT2D eigenvalue weighted by Gasteiger charge is 2.14. The van der Waals surface area contributed by atoms with Crippen molar-refractivity contribution in [2.45, 2.75) is 17.7 Å². The molecule has 0 atom stereocenters. The van der Waals surface area contributed by atoms with Crippen LogP contribution in [-0.2, 0) is 21.2 Å². The van der Waals surface area contributed by atoms with Crippen molar-refractivity contribution in [3.8, 4) is 5.75 Å². The van der Waals surface area contributed by atoms with Gasteiger partial charge in [-0.05, 0) is 54.8 Å². The van der Waals surface area contributed by atoms with Gasteiger partial charge in [0.25, 0.3) is 15.9 Å². The second-order valence-corrected chi connectivity index (χ2v) is 8.20. The number of hydrogen-bond acceptors (Lipinski definition) is 4. The molecular formula is C19H23ClN2O4S. The predicted octanol–water partition coefficient (Wildman–Crippen LogP) is 3.13. The molecule has 0 bridgehead atoms. The van der Waals surface area contributed by atoms with Gasteiger partial charge in [-0.15, -0.1) is 11.6 Å². The van der Waals surface area contributed by atoms with Gasteiger partial charge in [0.2, 0.25) is 0 Å². The van der Waals surface area contributed by atoms with Gasteiger partial charge in [-0.1, -0.05) is 12.1 Å². The number of rotatable bonds is 9. The van der Waals surface area contributed by atoms with E-state index in [1.807, 2.05) is 0 Å². The third kappa shape index (κ3) is 6.45. The molecule has 8 heteroatoms. The van der Waals surface area contributed by atoms with Crippen molar-refractivity contribution in [2.24, 2.45) is 0 Å². The number of hydrogen-bond donors (Lipinski definition) is 1. The molecule has 2 aromatic carbocycles. The summed E-state index contributed by atoms with van der Waals surface area (Å²) in [7, 11) is -0.384. The highest BCUT2D eigenvalue weighted by Crippen LogP contribution is 2.20. The van der Waals surface area contributed by atoms with Crippen LogP contribution in [0.5, 0.6) is 5.75 Å². The lowest BCUT2D eigenvalue weighted by molar-refractivity contribution is -0.130. The molecule has 0 aliphatic rings. The van der Waals surface area contributed by atoms with E-state index in [0.717, 1.165) is 18.4 Å². The third-order valence-corrected chi connectivity index (χ3v) is 5.46. The van der Waals surface area contributed by atoms with Gasteiger partial charge in [-0.25, -0.2) is 8.42 Å². The second kappa shape index (κ2) is 9.62. The van der Waals surface area contributed by atoms with Gasteiger partial charge in [-0.3, -0.25) is 9.52 Å². The summed E-state index contributed by atoms with van der Waals surface area (Å²) in [4.78, 5) is 13.1. The smallest absolute Gasteiger partial charge is 0.261 e. The fourth-order valence-electron chi connectivity index (χ4n) is 2.21. The fourth-order valence-corrected chi connectivity index (χ4v) is 3.41. The zero-order valence-corrected chi connectivity index (χ0v) is 16.9. The molecule has 0 fully saturated rings. The Balaban J connectivity index is 1.99. The van der Waals surface area contributed by atoms with Crippen molar-refractivity contribution in [1.29, 1.82) is 0 Å². The van der Waals surface area contributed by atoms with E-state index in [1.165, 1.54) is 4.90 Å². The predicted molar refractivity (Wildman–Crippen MR) is 107 cm³/mol. The number of nitrogens with one attached hydrogen (secondary N) is 1. The van der Waals surface area contributed by atoms with E-state index in [1.54, 1.807) is 62.6 Å². The van der Waals surface area contributed by atoms with Crippen LogP contribution in [0.15, 0.2) is 53.4 Å². The Hall–Kier alpha value is -2.25. The van der Waals surface area contributed by atoms with Gasteiger partial charge in [0, 0.05) is 25.7 Å². The quantitative estimate of drug-likeness (QED) is 0.644. The minimum absolute atomic E-state index is 0.0753. The molecule has 0 heterocycles. The summed E-state index contributed by atoms with van der Waals surface area (Å²) in [5.74, 6) is 0.899. The molecule has 1 amide bonds. The van der Waals surface area contributed by atoms with Crippen molar-refractivity contribution in [2.75, 3.05) is 31.3 Å². The summed E-state index contributed by atoms with van der Waals surface area (Å²) in [5.41, 5.74) is 1.45. The largest absolute Gasteiger partial charge is 0.484 e. The standard InChI is InChI=1S/C19H23ClN2O4S/c1-22(2)19(23)14-26-17-9-7-16(8-10-17)21-27(24,25)18-11-5-15(6-12-18)4-3-13-20/h5-12,21H,3-4,13-14H2,1-2H3. The maximum absolute atomic E-state index is 12.5. The molecule has 2 aromatic rings. The highest BCUT2D eigenvalue weighted by molar-refractivity contribution is 7.92. The monoisotopic (exact) mass is 410 g/mol. The van der Waals surface area contributed by atoms with Crippen molar-refractivity contribution >= 4 is 33.2 Å². The van der Waals surface area contributed by atoms with Crippen LogP contribution < -0.4 is 9.46 Å². The molecular weight excluding hydrogens is 388 g/mol. The van der Waals surface area contributed by atoms with E-state index in [-0.39, 0.29) is 17.4 Å². The number of ether oxygens (including phenoxy) is 1. The van der Waals surface area contributed by atoms with E-state index in [9.17, 15) is 13.2 Å². The van der Waals surface area contributed by atoms with Gasteiger partial charge < -0.3 is 9.64 Å². The Morgan fingerprint density at radius 3 is 2.26 bits per heavy atom. The second-order valence-electron chi connectivity index (χ2n) is 6.14. The van der Waals surface area contributed by atoms with Crippen molar-refractivity contribution < 1.29 is 17.9 Å². The number of benzene rings is 2. The Morgan fingerprint density at radius 2 is 1.70 bits per heavy atom. The molecule has 146 valence electrons. The lowest BCUT2D eigenvalue weighted by Gasteiger charge is -2.12. The van der Waals surface area contributed by atoms with Crippen LogP contribution in [-0.4, -0.2) is 45.8 Å². The molecule has 0 radical (unpaired) electrons. The summed E-state index contributed by atoms with van der Waals surface area (Å²) >= 11 is 5.67. The van der Waals surface area contributed by atoms with Gasteiger partial charge in [0.1, 0.15) is 5.75 Å². The van der Waals surface area contributed by atoms with Crippen LogP contribution in [0.4, 0.5) is 5.69 Å². The number of amides is 1. The molecule has 0 aliphatic heterocycles. The van der Waals surface area contributed by atoms with Crippen LogP contribution in [0.3, 0.4) is 0 Å². The lowest BCUT2D eigenvalue weighted by atomic mass is 10.1. The Labute approximate surface area is 165 Å². The van der Waals surface area contributed by atoms with Crippen LogP contribution in [0.2, 0.25) is 0 Å². The van der Waals surface area contributed by atoms with Gasteiger partial charge in [0.15, 0.2) is 6.61 Å². The van der Waals surface area contributed by atoms with Gasteiger partial charge in [-0.2, -0.15) is 0 Å². The number of likely N-dealkylation sites (N-methyl/N-ethyl adjacent to an activating group) is 1. The number of anilines is 1. The van der Waals surface area contributed by atoms with E-state index >= 15 is 0 Å². The molecule has 0 unspecified atom stereocenters. The maximum atomic E-state index is 12.5. The third-order valence-electron chi connectivity index (χ3n) is 3.80. The fraction of sp³-hybridized carbons (Fsp3) is 0.316. The molecule has 0 saturated carbocycles. The first-order chi connectivity index (χ1) is 12.8. The molecule has 1 N–H and O–H groups in total. The summed E-state index contributed by atoms with van der Waals surface area (Å²) < 4.78 is 32.9. The zero-order chi connectivity index (χ0) is 19.9. The van der Waals surface area contributed by atoms with Crippen LogP contribution in [0.1, 0.15) is 12.0 Å². The van der Waals surface area contributed by atoms with Crippen LogP contribution >= 0.6 is 11.6 Å². The summed E-state index contributed by atoms with van der Waals surface area (Å²) in [6, 6.07) is 13.1. The number of carbonyl (C=O) groups is 1. The first kappa shape index (κ1) is 21.1. The van der Waals surface area contributed by atoms with E-state index < -0.39 is 10.0 Å². The highest BCUT2D eigenvalue weighted by atomic mass is 35.5. The summed E-state index contributed by atoms with van der Waals surface area (Å²) in [6.07, 6.45) is 1.66. The molecule has 27 heavy (non-hydrogen) atoms. The average Bonchev–Trinajstić information content (AvgIpc) is 2.65. The Bertz CT molecular complexity index is 850. The zero-order valence-electron chi connectivity index (χ0n) is 15.3. The SMILES string of the molecule is CN(C)C(=O)COc1ccc(NS(=O)(=O)c2ccc(CCCCl)cc2)cc1. The van der Waals surface area contributed by atoms with Crippen molar-refractivity contribution in [3.05, 3.63) is 54.1 Å². The van der Waals surface area contributed by atoms with E-state index in [4.69, 9.17) is 16.3 Å². The number of alkyl halides is 1. The number of nitrogens with zero attached hydrogens (tertiary/aromatic N) is 1. The van der Waals surface area contributed by atoms with Crippen LogP contribution in [0.25, 0.3) is 0 Å². The Morgan fingerprint density at radius 1 is 1.07 bits per heavy atom. The topological polar surface area (TPSA) is 75.7 Å². The van der Waals surface area contributed by atoms with Gasteiger partial charge in [0.05, 0.1) is 4.90 Å². The number of carbonyl (C=O) groups excluding carboxylic acids is 1. The van der Waals surface area contributed by atoms with E-state index in [2.05, 4.69) is 4.72 Å². The molecule has 0 aromatic heterocycles. The molecule has 0 aliphatic carbocycles. The number of aryl methyl sites for hydroxylation is 1. The lowest BCUT2D eigenvalue weighted by Crippen LogP contribution is -2.27. The first-order valence-electron chi connectivity index (χ1n) is 8.42. The van der Waals surface area contributed by atoms with Crippen molar-refractivity contribution in [1.82, 2.24) is 4.90 Å². The number of sulfonamides is 1. The van der Waals surface area contributed by atoms with Gasteiger partial charge >= 0.3 is 0 Å². The summed E-state index contributed by atoms with van der Waals surface area (Å²) in [6.45, 7) is -0.0753. The maximum Gasteiger partial charge on any atom is 0.261 e. The minimum atomic E-state index is -3.68. The summed E-state index contributed by atoms with van der Waals surface area (Å²) in [5, 5.41) is 0. The van der Waals surface area contributed by atoms with Crippen LogP contribution in [0, 0.1) is 0 Å². The Kier molecular flexibility index (Phi) is 7.50. The normalized spacial score (nSPS) is 11.1. The number of halogens is 1. The molecule has 6 nitrogen and oxygen atoms in total. The molecule has 0 saturated heterocycles. The molecule has 0 spiro atoms. The first-order valence-corrected chi connectivity index (χ1v) is 10.4. The van der Waals surface area contributed by atoms with E-state index in [0.29, 0.717) is 17.3 Å². The average molecular weight is 411 g/mol. The molecule has 2 rings (SSSR count). The van der Waals surface area contributed by atoms with Crippen molar-refractivity contribution in [3.63, 3.8) is 0 Å².